The number of aromatic nitrogens is 3. The maximum absolute atomic E-state index is 11.4. The second-order valence-electron chi connectivity index (χ2n) is 3.37. The summed E-state index contributed by atoms with van der Waals surface area (Å²) in [5.74, 6) is 0.663. The van der Waals surface area contributed by atoms with Gasteiger partial charge < -0.3 is 11.1 Å². The second kappa shape index (κ2) is 6.13. The summed E-state index contributed by atoms with van der Waals surface area (Å²) in [7, 11) is 0. The molecular weight excluding hydrogens is 194 g/mol. The van der Waals surface area contributed by atoms with Crippen molar-refractivity contribution in [2.45, 2.75) is 32.2 Å². The van der Waals surface area contributed by atoms with E-state index < -0.39 is 6.04 Å². The van der Waals surface area contributed by atoms with Gasteiger partial charge in [-0.05, 0) is 6.42 Å². The first-order valence-electron chi connectivity index (χ1n) is 5.11. The van der Waals surface area contributed by atoms with Crippen LogP contribution >= 0.6 is 0 Å². The molecule has 0 aliphatic carbocycles. The minimum Gasteiger partial charge on any atom is -0.354 e. The number of carbonyl (C=O) groups is 1. The quantitative estimate of drug-likeness (QED) is 0.596. The third kappa shape index (κ3) is 4.07. The van der Waals surface area contributed by atoms with Crippen molar-refractivity contribution in [3.8, 4) is 0 Å². The van der Waals surface area contributed by atoms with E-state index in [4.69, 9.17) is 5.73 Å². The van der Waals surface area contributed by atoms with E-state index in [9.17, 15) is 4.79 Å². The van der Waals surface area contributed by atoms with E-state index in [-0.39, 0.29) is 5.91 Å². The molecule has 0 unspecified atom stereocenters. The second-order valence-corrected chi connectivity index (χ2v) is 3.37. The van der Waals surface area contributed by atoms with Crippen LogP contribution in [0.5, 0.6) is 0 Å². The molecule has 0 spiro atoms. The predicted molar refractivity (Wildman–Crippen MR) is 56.0 cm³/mol. The fourth-order valence-electron chi connectivity index (χ4n) is 1.23. The third-order valence-electron chi connectivity index (χ3n) is 2.06. The van der Waals surface area contributed by atoms with Crippen LogP contribution in [0.15, 0.2) is 6.33 Å². The van der Waals surface area contributed by atoms with E-state index in [0.717, 1.165) is 12.2 Å². The van der Waals surface area contributed by atoms with Crippen molar-refractivity contribution in [1.82, 2.24) is 20.5 Å². The first-order chi connectivity index (χ1) is 7.24. The van der Waals surface area contributed by atoms with Crippen molar-refractivity contribution in [3.05, 3.63) is 12.2 Å². The van der Waals surface area contributed by atoms with Crippen LogP contribution in [0.25, 0.3) is 0 Å². The van der Waals surface area contributed by atoms with Crippen molar-refractivity contribution < 1.29 is 4.79 Å². The van der Waals surface area contributed by atoms with Gasteiger partial charge in [-0.15, -0.1) is 0 Å². The van der Waals surface area contributed by atoms with Crippen LogP contribution in [0.2, 0.25) is 0 Å². The molecule has 1 rings (SSSR count). The number of hydrogen-bond donors (Lipinski definition) is 3. The van der Waals surface area contributed by atoms with Crippen LogP contribution in [0.1, 0.15) is 25.6 Å². The van der Waals surface area contributed by atoms with Crippen molar-refractivity contribution in [2.75, 3.05) is 6.54 Å². The Hall–Kier alpha value is -1.43. The van der Waals surface area contributed by atoms with Crippen molar-refractivity contribution in [3.63, 3.8) is 0 Å². The first kappa shape index (κ1) is 11.6. The van der Waals surface area contributed by atoms with E-state index >= 15 is 0 Å². The van der Waals surface area contributed by atoms with E-state index in [2.05, 4.69) is 20.5 Å². The largest absolute Gasteiger partial charge is 0.354 e. The molecule has 1 heterocycles. The van der Waals surface area contributed by atoms with Gasteiger partial charge in [0.25, 0.3) is 0 Å². The number of aromatic amines is 1. The lowest BCUT2D eigenvalue weighted by Crippen LogP contribution is -2.41. The molecule has 0 saturated heterocycles. The fourth-order valence-corrected chi connectivity index (χ4v) is 1.23. The molecule has 0 aliphatic heterocycles. The molecule has 6 nitrogen and oxygen atoms in total. The number of carbonyl (C=O) groups excluding carboxylic acids is 1. The molecule has 0 radical (unpaired) electrons. The number of nitrogens with two attached hydrogens (primary N) is 1. The summed E-state index contributed by atoms with van der Waals surface area (Å²) in [5, 5.41) is 9.19. The zero-order valence-electron chi connectivity index (χ0n) is 8.86. The average molecular weight is 211 g/mol. The first-order valence-corrected chi connectivity index (χ1v) is 5.11. The Balaban J connectivity index is 2.17. The van der Waals surface area contributed by atoms with E-state index in [1.807, 2.05) is 6.92 Å². The number of nitrogens with one attached hydrogen (secondary N) is 2. The van der Waals surface area contributed by atoms with Gasteiger partial charge in [0.1, 0.15) is 12.2 Å². The van der Waals surface area contributed by atoms with Gasteiger partial charge in [0.05, 0.1) is 6.04 Å². The topological polar surface area (TPSA) is 96.7 Å². The lowest BCUT2D eigenvalue weighted by molar-refractivity contribution is -0.122. The standard InChI is InChI=1S/C9H17N5O/c1-2-3-7(10)9(15)11-5-4-8-12-6-13-14-8/h6-7H,2-5,10H2,1H3,(H,11,15)(H,12,13,14)/t7-/m1/s1. The van der Waals surface area contributed by atoms with Crippen LogP contribution in [0.4, 0.5) is 0 Å². The van der Waals surface area contributed by atoms with E-state index in [1.165, 1.54) is 6.33 Å². The third-order valence-corrected chi connectivity index (χ3v) is 2.06. The Morgan fingerprint density at radius 3 is 3.13 bits per heavy atom. The van der Waals surface area contributed by atoms with E-state index in [1.54, 1.807) is 0 Å². The molecule has 15 heavy (non-hydrogen) atoms. The average Bonchev–Trinajstić information content (AvgIpc) is 2.71. The van der Waals surface area contributed by atoms with Crippen LogP contribution < -0.4 is 11.1 Å². The lowest BCUT2D eigenvalue weighted by Gasteiger charge is -2.10. The minimum absolute atomic E-state index is 0.101. The molecule has 4 N–H and O–H groups in total. The summed E-state index contributed by atoms with van der Waals surface area (Å²) in [4.78, 5) is 15.3. The molecule has 1 amide bonds. The minimum atomic E-state index is -0.398. The van der Waals surface area contributed by atoms with Gasteiger partial charge in [-0.25, -0.2) is 4.98 Å². The lowest BCUT2D eigenvalue weighted by atomic mass is 10.2. The Morgan fingerprint density at radius 2 is 2.53 bits per heavy atom. The number of amides is 1. The molecule has 0 aromatic carbocycles. The van der Waals surface area contributed by atoms with Gasteiger partial charge in [0.2, 0.25) is 5.91 Å². The number of hydrogen-bond acceptors (Lipinski definition) is 4. The molecule has 0 bridgehead atoms. The van der Waals surface area contributed by atoms with Crippen LogP contribution in [-0.2, 0) is 11.2 Å². The molecule has 1 atom stereocenters. The van der Waals surface area contributed by atoms with Crippen molar-refractivity contribution in [2.24, 2.45) is 5.73 Å². The normalized spacial score (nSPS) is 12.4. The Morgan fingerprint density at radius 1 is 1.73 bits per heavy atom. The van der Waals surface area contributed by atoms with Gasteiger partial charge in [-0.2, -0.15) is 5.10 Å². The van der Waals surface area contributed by atoms with Gasteiger partial charge in [0.15, 0.2) is 0 Å². The maximum atomic E-state index is 11.4. The highest BCUT2D eigenvalue weighted by molar-refractivity contribution is 5.81. The van der Waals surface area contributed by atoms with Crippen molar-refractivity contribution in [1.29, 1.82) is 0 Å². The fraction of sp³-hybridized carbons (Fsp3) is 0.667. The summed E-state index contributed by atoms with van der Waals surface area (Å²) < 4.78 is 0. The molecule has 1 aromatic heterocycles. The molecule has 0 fully saturated rings. The predicted octanol–water partition coefficient (Wildman–Crippen LogP) is -0.409. The highest BCUT2D eigenvalue weighted by atomic mass is 16.2. The SMILES string of the molecule is CCC[C@@H](N)C(=O)NCCc1ncn[nH]1. The van der Waals surface area contributed by atoms with Gasteiger partial charge in [0, 0.05) is 13.0 Å². The van der Waals surface area contributed by atoms with E-state index in [0.29, 0.717) is 19.4 Å². The maximum Gasteiger partial charge on any atom is 0.236 e. The van der Waals surface area contributed by atoms with Crippen LogP contribution in [-0.4, -0.2) is 33.7 Å². The summed E-state index contributed by atoms with van der Waals surface area (Å²) in [6, 6.07) is -0.398. The highest BCUT2D eigenvalue weighted by Crippen LogP contribution is 1.93. The Labute approximate surface area is 88.7 Å². The van der Waals surface area contributed by atoms with Crippen LogP contribution in [0, 0.1) is 0 Å². The number of H-pyrrole nitrogens is 1. The zero-order chi connectivity index (χ0) is 11.1. The zero-order valence-corrected chi connectivity index (χ0v) is 8.86. The summed E-state index contributed by atoms with van der Waals surface area (Å²) in [6.07, 6.45) is 3.72. The molecule has 84 valence electrons. The highest BCUT2D eigenvalue weighted by Gasteiger charge is 2.11. The molecule has 1 aromatic rings. The smallest absolute Gasteiger partial charge is 0.236 e. The Kier molecular flexibility index (Phi) is 4.76. The van der Waals surface area contributed by atoms with Gasteiger partial charge >= 0.3 is 0 Å². The van der Waals surface area contributed by atoms with Crippen LogP contribution in [0.3, 0.4) is 0 Å². The number of rotatable bonds is 6. The molecule has 0 saturated carbocycles. The van der Waals surface area contributed by atoms with Gasteiger partial charge in [-0.3, -0.25) is 9.89 Å². The molecule has 0 aliphatic rings. The molecular formula is C9H17N5O. The summed E-state index contributed by atoms with van der Waals surface area (Å²) >= 11 is 0. The number of nitrogens with zero attached hydrogens (tertiary/aromatic N) is 2. The monoisotopic (exact) mass is 211 g/mol. The molecule has 6 heteroatoms. The van der Waals surface area contributed by atoms with Crippen molar-refractivity contribution >= 4 is 5.91 Å². The Bertz CT molecular complexity index is 285. The summed E-state index contributed by atoms with van der Waals surface area (Å²) in [6.45, 7) is 2.53. The summed E-state index contributed by atoms with van der Waals surface area (Å²) in [5.41, 5.74) is 5.64. The van der Waals surface area contributed by atoms with Gasteiger partial charge in [-0.1, -0.05) is 13.3 Å².